The van der Waals surface area contributed by atoms with Gasteiger partial charge in [0.05, 0.1) is 6.04 Å². The van der Waals surface area contributed by atoms with Gasteiger partial charge in [-0.25, -0.2) is 0 Å². The smallest absolute Gasteiger partial charge is 0.223 e. The standard InChI is InChI=1S/C17H21ClN2O2/c1-12-10-16(21)19-9-4-2-3-8-15(20-17(12)22)13-6-5-7-14(18)11-13/h2-3,5-7,11-12,15H,4,8-10H2,1H3,(H,19,21)(H,20,22)/b3-2-/t12-,15-/m1/s1. The molecule has 0 saturated carbocycles. The Bertz CT molecular complexity index is 572. The number of benzene rings is 1. The normalized spacial score (nSPS) is 25.4. The summed E-state index contributed by atoms with van der Waals surface area (Å²) in [5.41, 5.74) is 0.971. The van der Waals surface area contributed by atoms with Crippen LogP contribution in [-0.2, 0) is 9.59 Å². The molecule has 0 unspecified atom stereocenters. The summed E-state index contributed by atoms with van der Waals surface area (Å²) in [4.78, 5) is 24.0. The summed E-state index contributed by atoms with van der Waals surface area (Å²) >= 11 is 6.04. The van der Waals surface area contributed by atoms with Gasteiger partial charge in [0, 0.05) is 23.9 Å². The van der Waals surface area contributed by atoms with Crippen LogP contribution in [0, 0.1) is 5.92 Å². The third-order valence-corrected chi connectivity index (χ3v) is 3.91. The fourth-order valence-electron chi connectivity index (χ4n) is 2.40. The van der Waals surface area contributed by atoms with E-state index in [4.69, 9.17) is 11.6 Å². The van der Waals surface area contributed by atoms with Crippen molar-refractivity contribution >= 4 is 23.4 Å². The SMILES string of the molecule is C[C@@H]1CC(=O)NCC/C=C\C[C@H](c2cccc(Cl)c2)NC1=O. The van der Waals surface area contributed by atoms with Crippen LogP contribution in [0.2, 0.25) is 5.02 Å². The number of halogens is 1. The minimum Gasteiger partial charge on any atom is -0.356 e. The average Bonchev–Trinajstić information content (AvgIpc) is 2.48. The molecule has 118 valence electrons. The lowest BCUT2D eigenvalue weighted by molar-refractivity contribution is -0.130. The molecule has 1 aromatic rings. The zero-order chi connectivity index (χ0) is 15.9. The molecule has 4 nitrogen and oxygen atoms in total. The summed E-state index contributed by atoms with van der Waals surface area (Å²) in [5.74, 6) is -0.560. The molecule has 1 heterocycles. The quantitative estimate of drug-likeness (QED) is 0.782. The largest absolute Gasteiger partial charge is 0.356 e. The van der Waals surface area contributed by atoms with Crippen LogP contribution in [0.1, 0.15) is 37.8 Å². The monoisotopic (exact) mass is 320 g/mol. The Labute approximate surface area is 135 Å². The van der Waals surface area contributed by atoms with Gasteiger partial charge in [0.15, 0.2) is 0 Å². The zero-order valence-electron chi connectivity index (χ0n) is 12.6. The van der Waals surface area contributed by atoms with E-state index in [1.54, 1.807) is 6.92 Å². The Kier molecular flexibility index (Phi) is 6.01. The van der Waals surface area contributed by atoms with Gasteiger partial charge in [0.25, 0.3) is 0 Å². The van der Waals surface area contributed by atoms with Crippen LogP contribution < -0.4 is 10.6 Å². The van der Waals surface area contributed by atoms with Gasteiger partial charge < -0.3 is 10.6 Å². The van der Waals surface area contributed by atoms with E-state index in [9.17, 15) is 9.59 Å². The highest BCUT2D eigenvalue weighted by molar-refractivity contribution is 6.30. The molecule has 2 N–H and O–H groups in total. The second-order valence-electron chi connectivity index (χ2n) is 5.57. The van der Waals surface area contributed by atoms with Gasteiger partial charge in [0.1, 0.15) is 0 Å². The van der Waals surface area contributed by atoms with Crippen LogP contribution in [0.25, 0.3) is 0 Å². The van der Waals surface area contributed by atoms with Gasteiger partial charge in [-0.2, -0.15) is 0 Å². The van der Waals surface area contributed by atoms with Gasteiger partial charge in [-0.05, 0) is 30.5 Å². The molecule has 0 aromatic heterocycles. The molecule has 0 fully saturated rings. The van der Waals surface area contributed by atoms with Crippen LogP contribution in [0.5, 0.6) is 0 Å². The molecule has 2 rings (SSSR count). The minimum absolute atomic E-state index is 0.0871. The van der Waals surface area contributed by atoms with E-state index >= 15 is 0 Å². The van der Waals surface area contributed by atoms with E-state index < -0.39 is 0 Å². The Balaban J connectivity index is 2.19. The maximum absolute atomic E-state index is 12.3. The Morgan fingerprint density at radius 2 is 2.05 bits per heavy atom. The summed E-state index contributed by atoms with van der Waals surface area (Å²) in [6, 6.07) is 7.37. The topological polar surface area (TPSA) is 58.2 Å². The van der Waals surface area contributed by atoms with Gasteiger partial charge in [0.2, 0.25) is 11.8 Å². The lowest BCUT2D eigenvalue weighted by Gasteiger charge is -2.21. The second-order valence-corrected chi connectivity index (χ2v) is 6.00. The second kappa shape index (κ2) is 7.99. The van der Waals surface area contributed by atoms with E-state index in [0.717, 1.165) is 12.0 Å². The molecule has 2 amide bonds. The van der Waals surface area contributed by atoms with Crippen LogP contribution in [0.4, 0.5) is 0 Å². The van der Waals surface area contributed by atoms with Gasteiger partial charge >= 0.3 is 0 Å². The number of carbonyl (C=O) groups is 2. The molecule has 0 spiro atoms. The maximum atomic E-state index is 12.3. The van der Waals surface area contributed by atoms with Crippen molar-refractivity contribution in [3.63, 3.8) is 0 Å². The van der Waals surface area contributed by atoms with Gasteiger partial charge in [-0.3, -0.25) is 9.59 Å². The first kappa shape index (κ1) is 16.6. The van der Waals surface area contributed by atoms with E-state index in [1.165, 1.54) is 0 Å². The van der Waals surface area contributed by atoms with Crippen molar-refractivity contribution in [2.75, 3.05) is 6.54 Å². The predicted molar refractivity (Wildman–Crippen MR) is 87.5 cm³/mol. The maximum Gasteiger partial charge on any atom is 0.223 e. The number of hydrogen-bond acceptors (Lipinski definition) is 2. The lowest BCUT2D eigenvalue weighted by atomic mass is 10.0. The fourth-order valence-corrected chi connectivity index (χ4v) is 2.60. The zero-order valence-corrected chi connectivity index (χ0v) is 13.4. The molecule has 0 aliphatic carbocycles. The molecule has 22 heavy (non-hydrogen) atoms. The summed E-state index contributed by atoms with van der Waals surface area (Å²) in [6.45, 7) is 2.37. The highest BCUT2D eigenvalue weighted by Crippen LogP contribution is 2.22. The number of carbonyl (C=O) groups excluding carboxylic acids is 2. The molecule has 1 aliphatic rings. The minimum atomic E-state index is -0.356. The molecule has 2 atom stereocenters. The predicted octanol–water partition coefficient (Wildman–Crippen LogP) is 2.99. The lowest BCUT2D eigenvalue weighted by Crippen LogP contribution is -2.36. The first-order valence-electron chi connectivity index (χ1n) is 7.54. The van der Waals surface area contributed by atoms with Crippen molar-refractivity contribution in [2.24, 2.45) is 5.92 Å². The molecule has 5 heteroatoms. The summed E-state index contributed by atoms with van der Waals surface area (Å²) in [6.07, 6.45) is 5.75. The first-order chi connectivity index (χ1) is 10.6. The number of amides is 2. The Morgan fingerprint density at radius 3 is 2.82 bits per heavy atom. The van der Waals surface area contributed by atoms with Crippen molar-refractivity contribution in [1.82, 2.24) is 10.6 Å². The highest BCUT2D eigenvalue weighted by Gasteiger charge is 2.21. The average molecular weight is 321 g/mol. The molecular formula is C17H21ClN2O2. The van der Waals surface area contributed by atoms with E-state index in [0.29, 0.717) is 18.0 Å². The van der Waals surface area contributed by atoms with Crippen LogP contribution in [-0.4, -0.2) is 18.4 Å². The fraction of sp³-hybridized carbons (Fsp3) is 0.412. The highest BCUT2D eigenvalue weighted by atomic mass is 35.5. The molecule has 0 saturated heterocycles. The summed E-state index contributed by atoms with van der Waals surface area (Å²) in [7, 11) is 0. The molecular weight excluding hydrogens is 300 g/mol. The van der Waals surface area contributed by atoms with Crippen molar-refractivity contribution in [3.8, 4) is 0 Å². The van der Waals surface area contributed by atoms with E-state index in [1.807, 2.05) is 36.4 Å². The van der Waals surface area contributed by atoms with Crippen molar-refractivity contribution < 1.29 is 9.59 Å². The number of rotatable bonds is 1. The van der Waals surface area contributed by atoms with Crippen molar-refractivity contribution in [3.05, 3.63) is 47.0 Å². The first-order valence-corrected chi connectivity index (χ1v) is 7.91. The van der Waals surface area contributed by atoms with E-state index in [-0.39, 0.29) is 30.2 Å². The van der Waals surface area contributed by atoms with Crippen LogP contribution in [0.3, 0.4) is 0 Å². The molecule has 1 aliphatic heterocycles. The number of nitrogens with one attached hydrogen (secondary N) is 2. The molecule has 0 radical (unpaired) electrons. The van der Waals surface area contributed by atoms with Crippen LogP contribution >= 0.6 is 11.6 Å². The Hall–Kier alpha value is -1.81. The summed E-state index contributed by atoms with van der Waals surface area (Å²) in [5, 5.41) is 6.48. The molecule has 1 aromatic carbocycles. The summed E-state index contributed by atoms with van der Waals surface area (Å²) < 4.78 is 0. The van der Waals surface area contributed by atoms with Gasteiger partial charge in [-0.1, -0.05) is 42.8 Å². The third kappa shape index (κ3) is 4.88. The van der Waals surface area contributed by atoms with Crippen LogP contribution in [0.15, 0.2) is 36.4 Å². The molecule has 0 bridgehead atoms. The van der Waals surface area contributed by atoms with Gasteiger partial charge in [-0.15, -0.1) is 0 Å². The third-order valence-electron chi connectivity index (χ3n) is 3.68. The van der Waals surface area contributed by atoms with Crippen molar-refractivity contribution in [1.29, 1.82) is 0 Å². The van der Waals surface area contributed by atoms with Crippen molar-refractivity contribution in [2.45, 2.75) is 32.2 Å². The Morgan fingerprint density at radius 1 is 1.23 bits per heavy atom. The van der Waals surface area contributed by atoms with E-state index in [2.05, 4.69) is 10.6 Å². The number of hydrogen-bond donors (Lipinski definition) is 2.